The highest BCUT2D eigenvalue weighted by molar-refractivity contribution is 5.98. The van der Waals surface area contributed by atoms with Gasteiger partial charge in [0.2, 0.25) is 17.7 Å². The quantitative estimate of drug-likeness (QED) is 0.569. The van der Waals surface area contributed by atoms with Crippen LogP contribution in [0, 0.1) is 6.92 Å². The van der Waals surface area contributed by atoms with Crippen LogP contribution in [-0.4, -0.2) is 30.5 Å². The van der Waals surface area contributed by atoms with Crippen molar-refractivity contribution < 1.29 is 19.1 Å². The smallest absolute Gasteiger partial charge is 0.249 e. The van der Waals surface area contributed by atoms with Gasteiger partial charge in [-0.15, -0.1) is 0 Å². The first-order valence-electron chi connectivity index (χ1n) is 8.96. The van der Waals surface area contributed by atoms with Gasteiger partial charge < -0.3 is 32.0 Å². The first-order chi connectivity index (χ1) is 13.8. The van der Waals surface area contributed by atoms with Crippen LogP contribution in [0.5, 0.6) is 11.6 Å². The number of rotatable bonds is 6. The van der Waals surface area contributed by atoms with Crippen molar-refractivity contribution in [1.82, 2.24) is 4.98 Å². The summed E-state index contributed by atoms with van der Waals surface area (Å²) < 4.78 is 11.2. The second kappa shape index (κ2) is 7.70. The Morgan fingerprint density at radius 1 is 1.24 bits per heavy atom. The van der Waals surface area contributed by atoms with E-state index in [0.717, 1.165) is 5.56 Å². The number of carbonyl (C=O) groups excluding carboxylic acids is 2. The lowest BCUT2D eigenvalue weighted by atomic mass is 9.80. The number of anilines is 1. The largest absolute Gasteiger partial charge is 0.496 e. The molecule has 3 rings (SSSR count). The van der Waals surface area contributed by atoms with Crippen LogP contribution in [0.1, 0.15) is 39.9 Å². The zero-order valence-electron chi connectivity index (χ0n) is 16.4. The molecule has 9 heteroatoms. The van der Waals surface area contributed by atoms with Crippen molar-refractivity contribution in [2.45, 2.75) is 19.8 Å². The summed E-state index contributed by atoms with van der Waals surface area (Å²) in [7, 11) is 1.46. The molecule has 0 radical (unpaired) electrons. The van der Waals surface area contributed by atoms with Gasteiger partial charge in [-0.1, -0.05) is 6.07 Å². The number of pyridine rings is 1. The molecule has 0 fully saturated rings. The van der Waals surface area contributed by atoms with Gasteiger partial charge in [0.25, 0.3) is 0 Å². The van der Waals surface area contributed by atoms with Gasteiger partial charge in [-0.3, -0.25) is 9.59 Å². The van der Waals surface area contributed by atoms with E-state index in [2.05, 4.69) is 10.3 Å². The summed E-state index contributed by atoms with van der Waals surface area (Å²) in [5.74, 6) is -1.18. The predicted molar refractivity (Wildman–Crippen MR) is 108 cm³/mol. The molecule has 7 N–H and O–H groups in total. The fraction of sp³-hybridized carbons (Fsp3) is 0.250. The monoisotopic (exact) mass is 397 g/mol. The van der Waals surface area contributed by atoms with Crippen LogP contribution in [-0.2, 0) is 4.79 Å². The van der Waals surface area contributed by atoms with Gasteiger partial charge in [0.05, 0.1) is 36.5 Å². The maximum atomic E-state index is 12.4. The van der Waals surface area contributed by atoms with Crippen LogP contribution in [0.3, 0.4) is 0 Å². The summed E-state index contributed by atoms with van der Waals surface area (Å²) >= 11 is 0. The molecule has 1 aromatic heterocycles. The van der Waals surface area contributed by atoms with E-state index in [1.807, 2.05) is 13.8 Å². The fourth-order valence-electron chi connectivity index (χ4n) is 3.49. The molecule has 1 aliphatic heterocycles. The first kappa shape index (κ1) is 20.0. The Balaban J connectivity index is 2.36. The van der Waals surface area contributed by atoms with E-state index in [-0.39, 0.29) is 17.0 Å². The van der Waals surface area contributed by atoms with E-state index < -0.39 is 17.7 Å². The Labute approximate surface area is 167 Å². The third-order valence-electron chi connectivity index (χ3n) is 4.77. The molecule has 152 valence electrons. The maximum Gasteiger partial charge on any atom is 0.249 e. The Morgan fingerprint density at radius 2 is 1.97 bits per heavy atom. The Bertz CT molecular complexity index is 1030. The van der Waals surface area contributed by atoms with Gasteiger partial charge >= 0.3 is 0 Å². The predicted octanol–water partition coefficient (Wildman–Crippen LogP) is 1.11. The van der Waals surface area contributed by atoms with Crippen molar-refractivity contribution in [3.05, 3.63) is 58.0 Å². The summed E-state index contributed by atoms with van der Waals surface area (Å²) in [6.45, 7) is 4.07. The number of nitrogens with zero attached hydrogens (tertiary/aromatic N) is 1. The summed E-state index contributed by atoms with van der Waals surface area (Å²) in [5.41, 5.74) is 20.3. The lowest BCUT2D eigenvalue weighted by Crippen LogP contribution is -2.32. The van der Waals surface area contributed by atoms with Crippen molar-refractivity contribution in [2.75, 3.05) is 19.0 Å². The number of nitrogens with one attached hydrogen (secondary N) is 1. The second-order valence-corrected chi connectivity index (χ2v) is 6.54. The van der Waals surface area contributed by atoms with Gasteiger partial charge in [0.15, 0.2) is 0 Å². The minimum absolute atomic E-state index is 0.132. The van der Waals surface area contributed by atoms with Crippen LogP contribution < -0.4 is 32.0 Å². The SMILES string of the molecule is CCOc1ncc(C)c2c1C(c1ccc(C(N)=O)cc1OC)C(C(N)=O)=C(N)N2. The van der Waals surface area contributed by atoms with Gasteiger partial charge in [0.1, 0.15) is 11.6 Å². The van der Waals surface area contributed by atoms with E-state index in [1.54, 1.807) is 18.3 Å². The number of methoxy groups -OCH3 is 1. The lowest BCUT2D eigenvalue weighted by molar-refractivity contribution is -0.114. The van der Waals surface area contributed by atoms with E-state index in [0.29, 0.717) is 35.1 Å². The summed E-state index contributed by atoms with van der Waals surface area (Å²) in [4.78, 5) is 28.3. The molecule has 0 saturated carbocycles. The number of benzene rings is 1. The number of aryl methyl sites for hydroxylation is 1. The summed E-state index contributed by atoms with van der Waals surface area (Å²) in [5, 5.41) is 3.05. The number of primary amides is 2. The lowest BCUT2D eigenvalue weighted by Gasteiger charge is -2.32. The number of hydrogen-bond donors (Lipinski definition) is 4. The van der Waals surface area contributed by atoms with Crippen LogP contribution in [0.15, 0.2) is 35.8 Å². The number of aromatic nitrogens is 1. The van der Waals surface area contributed by atoms with E-state index >= 15 is 0 Å². The standard InChI is InChI=1S/C20H23N5O4/c1-4-29-20-14-13(11-6-5-10(18(22)26)7-12(11)28-3)15(19(23)27)17(21)25-16(14)9(2)8-24-20/h5-8,13,25H,4,21H2,1-3H3,(H2,22,26)(H2,23,27). The summed E-state index contributed by atoms with van der Waals surface area (Å²) in [6.07, 6.45) is 1.66. The molecule has 0 saturated heterocycles. The fourth-order valence-corrected chi connectivity index (χ4v) is 3.49. The molecular formula is C20H23N5O4. The van der Waals surface area contributed by atoms with E-state index in [4.69, 9.17) is 26.7 Å². The van der Waals surface area contributed by atoms with Gasteiger partial charge in [0, 0.05) is 17.3 Å². The number of nitrogens with two attached hydrogens (primary N) is 3. The Morgan fingerprint density at radius 3 is 2.55 bits per heavy atom. The molecule has 0 bridgehead atoms. The van der Waals surface area contributed by atoms with E-state index in [9.17, 15) is 9.59 Å². The number of carbonyl (C=O) groups is 2. The Hall–Kier alpha value is -3.75. The molecule has 1 aromatic carbocycles. The van der Waals surface area contributed by atoms with Gasteiger partial charge in [-0.05, 0) is 31.5 Å². The summed E-state index contributed by atoms with van der Waals surface area (Å²) in [6, 6.07) is 4.73. The number of fused-ring (bicyclic) bond motifs is 1. The maximum absolute atomic E-state index is 12.4. The van der Waals surface area contributed by atoms with Gasteiger partial charge in [-0.2, -0.15) is 0 Å². The van der Waals surface area contributed by atoms with Gasteiger partial charge in [-0.25, -0.2) is 4.98 Å². The zero-order chi connectivity index (χ0) is 21.3. The highest BCUT2D eigenvalue weighted by Crippen LogP contribution is 2.48. The average molecular weight is 397 g/mol. The van der Waals surface area contributed by atoms with Crippen molar-refractivity contribution >= 4 is 17.5 Å². The second-order valence-electron chi connectivity index (χ2n) is 6.54. The molecule has 2 heterocycles. The molecule has 9 nitrogen and oxygen atoms in total. The highest BCUT2D eigenvalue weighted by atomic mass is 16.5. The van der Waals surface area contributed by atoms with Crippen molar-refractivity contribution in [3.8, 4) is 11.6 Å². The average Bonchev–Trinajstić information content (AvgIpc) is 2.68. The topological polar surface area (TPSA) is 156 Å². The molecule has 1 atom stereocenters. The van der Waals surface area contributed by atoms with Crippen LogP contribution in [0.25, 0.3) is 0 Å². The minimum atomic E-state index is -0.713. The number of hydrogen-bond acceptors (Lipinski definition) is 7. The number of ether oxygens (including phenoxy) is 2. The van der Waals surface area contributed by atoms with Crippen molar-refractivity contribution in [1.29, 1.82) is 0 Å². The van der Waals surface area contributed by atoms with Crippen LogP contribution >= 0.6 is 0 Å². The molecule has 2 amide bonds. The molecule has 2 aromatic rings. The third kappa shape index (κ3) is 3.42. The molecular weight excluding hydrogens is 374 g/mol. The molecule has 1 aliphatic rings. The van der Waals surface area contributed by atoms with Crippen molar-refractivity contribution in [2.24, 2.45) is 17.2 Å². The molecule has 29 heavy (non-hydrogen) atoms. The van der Waals surface area contributed by atoms with E-state index in [1.165, 1.54) is 13.2 Å². The molecule has 1 unspecified atom stereocenters. The van der Waals surface area contributed by atoms with Crippen molar-refractivity contribution in [3.63, 3.8) is 0 Å². The van der Waals surface area contributed by atoms with Crippen LogP contribution in [0.2, 0.25) is 0 Å². The first-order valence-corrected chi connectivity index (χ1v) is 8.96. The third-order valence-corrected chi connectivity index (χ3v) is 4.77. The Kier molecular flexibility index (Phi) is 5.31. The van der Waals surface area contributed by atoms with Crippen LogP contribution in [0.4, 0.5) is 5.69 Å². The molecule has 0 aliphatic carbocycles. The normalized spacial score (nSPS) is 15.3. The minimum Gasteiger partial charge on any atom is -0.496 e. The highest BCUT2D eigenvalue weighted by Gasteiger charge is 2.37. The zero-order valence-corrected chi connectivity index (χ0v) is 16.4. The molecule has 0 spiro atoms. The number of amides is 2.